The first kappa shape index (κ1) is 16.8. The first-order valence-electron chi connectivity index (χ1n) is 7.21. The lowest BCUT2D eigenvalue weighted by atomic mass is 9.83. The van der Waals surface area contributed by atoms with E-state index in [1.807, 2.05) is 13.8 Å². The Morgan fingerprint density at radius 3 is 2.55 bits per heavy atom. The van der Waals surface area contributed by atoms with Crippen molar-refractivity contribution >= 4 is 11.7 Å². The second-order valence-electron chi connectivity index (χ2n) is 6.11. The largest absolute Gasteiger partial charge is 0.409 e. The van der Waals surface area contributed by atoms with Crippen LogP contribution in [-0.2, 0) is 9.53 Å². The zero-order valence-electron chi connectivity index (χ0n) is 12.7. The second kappa shape index (κ2) is 7.47. The molecule has 0 spiro atoms. The predicted octanol–water partition coefficient (Wildman–Crippen LogP) is 1.61. The third-order valence-electron chi connectivity index (χ3n) is 4.01. The van der Waals surface area contributed by atoms with Crippen LogP contribution in [0.15, 0.2) is 5.16 Å². The molecule has 6 heteroatoms. The number of ether oxygens (including phenoxy) is 1. The number of hydrogen-bond donors (Lipinski definition) is 3. The number of amidine groups is 1. The summed E-state index contributed by atoms with van der Waals surface area (Å²) in [6.07, 6.45) is 5.69. The summed E-state index contributed by atoms with van der Waals surface area (Å²) in [6.45, 7) is 3.71. The SMILES string of the molecule is COC(C)(C)CC(=O)NC(C(N)=NO)C1CCCCC1. The minimum Gasteiger partial charge on any atom is -0.409 e. The van der Waals surface area contributed by atoms with Crippen molar-refractivity contribution in [3.05, 3.63) is 0 Å². The quantitative estimate of drug-likeness (QED) is 0.299. The molecule has 1 aliphatic carbocycles. The van der Waals surface area contributed by atoms with Crippen molar-refractivity contribution in [1.29, 1.82) is 0 Å². The van der Waals surface area contributed by atoms with Crippen LogP contribution in [0.5, 0.6) is 0 Å². The number of nitrogens with two attached hydrogens (primary N) is 1. The third kappa shape index (κ3) is 5.00. The Balaban J connectivity index is 2.67. The van der Waals surface area contributed by atoms with E-state index in [0.29, 0.717) is 0 Å². The van der Waals surface area contributed by atoms with Gasteiger partial charge in [0.25, 0.3) is 0 Å². The molecule has 0 saturated heterocycles. The average Bonchev–Trinajstić information content (AvgIpc) is 2.44. The number of nitrogens with zero attached hydrogens (tertiary/aromatic N) is 1. The predicted molar refractivity (Wildman–Crippen MR) is 77.6 cm³/mol. The maximum absolute atomic E-state index is 12.1. The molecular weight excluding hydrogens is 258 g/mol. The van der Waals surface area contributed by atoms with Crippen molar-refractivity contribution in [3.8, 4) is 0 Å². The maximum Gasteiger partial charge on any atom is 0.223 e. The van der Waals surface area contributed by atoms with Crippen LogP contribution in [0.1, 0.15) is 52.4 Å². The smallest absolute Gasteiger partial charge is 0.223 e. The summed E-state index contributed by atoms with van der Waals surface area (Å²) in [6, 6.07) is -0.388. The fourth-order valence-electron chi connectivity index (χ4n) is 2.65. The van der Waals surface area contributed by atoms with E-state index in [-0.39, 0.29) is 30.1 Å². The first-order valence-corrected chi connectivity index (χ1v) is 7.21. The van der Waals surface area contributed by atoms with E-state index in [1.165, 1.54) is 6.42 Å². The average molecular weight is 285 g/mol. The normalized spacial score (nSPS) is 19.6. The fraction of sp³-hybridized carbons (Fsp3) is 0.857. The number of oxime groups is 1. The Morgan fingerprint density at radius 1 is 1.45 bits per heavy atom. The topological polar surface area (TPSA) is 96.9 Å². The van der Waals surface area contributed by atoms with Gasteiger partial charge in [0.2, 0.25) is 5.91 Å². The molecule has 0 aromatic carbocycles. The highest BCUT2D eigenvalue weighted by Crippen LogP contribution is 2.27. The van der Waals surface area contributed by atoms with E-state index in [4.69, 9.17) is 15.7 Å². The minimum absolute atomic E-state index is 0.0838. The molecule has 1 amide bonds. The summed E-state index contributed by atoms with van der Waals surface area (Å²) in [5, 5.41) is 14.9. The third-order valence-corrected chi connectivity index (χ3v) is 4.01. The Kier molecular flexibility index (Phi) is 6.26. The molecular formula is C14H27N3O3. The van der Waals surface area contributed by atoms with Crippen LogP contribution in [0.4, 0.5) is 0 Å². The van der Waals surface area contributed by atoms with Crippen LogP contribution >= 0.6 is 0 Å². The zero-order valence-corrected chi connectivity index (χ0v) is 12.7. The van der Waals surface area contributed by atoms with Gasteiger partial charge in [-0.05, 0) is 32.6 Å². The monoisotopic (exact) mass is 285 g/mol. The number of nitrogens with one attached hydrogen (secondary N) is 1. The van der Waals surface area contributed by atoms with E-state index in [0.717, 1.165) is 25.7 Å². The van der Waals surface area contributed by atoms with Gasteiger partial charge in [-0.3, -0.25) is 4.79 Å². The van der Waals surface area contributed by atoms with Gasteiger partial charge >= 0.3 is 0 Å². The Labute approximate surface area is 120 Å². The van der Waals surface area contributed by atoms with Gasteiger partial charge in [-0.2, -0.15) is 0 Å². The van der Waals surface area contributed by atoms with Crippen LogP contribution < -0.4 is 11.1 Å². The zero-order chi connectivity index (χ0) is 15.2. The molecule has 0 heterocycles. The van der Waals surface area contributed by atoms with Gasteiger partial charge in [0.1, 0.15) is 0 Å². The summed E-state index contributed by atoms with van der Waals surface area (Å²) in [7, 11) is 1.58. The summed E-state index contributed by atoms with van der Waals surface area (Å²) in [5.74, 6) is 0.189. The number of carbonyl (C=O) groups is 1. The van der Waals surface area contributed by atoms with Gasteiger partial charge in [0.05, 0.1) is 18.1 Å². The van der Waals surface area contributed by atoms with Crippen LogP contribution in [0, 0.1) is 5.92 Å². The molecule has 1 aliphatic rings. The summed E-state index contributed by atoms with van der Waals surface area (Å²) >= 11 is 0. The number of amides is 1. The number of hydrogen-bond acceptors (Lipinski definition) is 4. The maximum atomic E-state index is 12.1. The molecule has 0 aromatic rings. The van der Waals surface area contributed by atoms with Gasteiger partial charge in [-0.15, -0.1) is 0 Å². The second-order valence-corrected chi connectivity index (χ2v) is 6.11. The molecule has 1 unspecified atom stereocenters. The fourth-order valence-corrected chi connectivity index (χ4v) is 2.65. The number of methoxy groups -OCH3 is 1. The molecule has 1 saturated carbocycles. The molecule has 0 radical (unpaired) electrons. The van der Waals surface area contributed by atoms with Gasteiger partial charge in [0, 0.05) is 7.11 Å². The summed E-state index contributed by atoms with van der Waals surface area (Å²) in [4.78, 5) is 12.1. The van der Waals surface area contributed by atoms with Gasteiger partial charge < -0.3 is 21.0 Å². The van der Waals surface area contributed by atoms with E-state index in [2.05, 4.69) is 10.5 Å². The standard InChI is InChI=1S/C14H27N3O3/c1-14(2,20-3)9-11(18)16-12(13(15)17-19)10-7-5-4-6-8-10/h10,12,19H,4-9H2,1-3H3,(H2,15,17)(H,16,18). The van der Waals surface area contributed by atoms with Gasteiger partial charge in [-0.1, -0.05) is 24.4 Å². The highest BCUT2D eigenvalue weighted by atomic mass is 16.5. The molecule has 0 bridgehead atoms. The van der Waals surface area contributed by atoms with E-state index in [1.54, 1.807) is 7.11 Å². The highest BCUT2D eigenvalue weighted by molar-refractivity contribution is 5.90. The molecule has 1 atom stereocenters. The summed E-state index contributed by atoms with van der Waals surface area (Å²) < 4.78 is 5.25. The summed E-state index contributed by atoms with van der Waals surface area (Å²) in [5.41, 5.74) is 5.23. The molecule has 116 valence electrons. The minimum atomic E-state index is -0.522. The van der Waals surface area contributed by atoms with E-state index >= 15 is 0 Å². The molecule has 4 N–H and O–H groups in total. The number of rotatable bonds is 6. The van der Waals surface area contributed by atoms with E-state index in [9.17, 15) is 4.79 Å². The molecule has 0 aliphatic heterocycles. The molecule has 6 nitrogen and oxygen atoms in total. The Morgan fingerprint density at radius 2 is 2.05 bits per heavy atom. The van der Waals surface area contributed by atoms with Crippen molar-refractivity contribution in [3.63, 3.8) is 0 Å². The van der Waals surface area contributed by atoms with Crippen LogP contribution in [0.25, 0.3) is 0 Å². The van der Waals surface area contributed by atoms with Crippen LogP contribution in [-0.4, -0.2) is 35.7 Å². The van der Waals surface area contributed by atoms with Crippen LogP contribution in [0.3, 0.4) is 0 Å². The van der Waals surface area contributed by atoms with Crippen molar-refractivity contribution in [2.24, 2.45) is 16.8 Å². The number of carbonyl (C=O) groups excluding carboxylic acids is 1. The molecule has 0 aromatic heterocycles. The van der Waals surface area contributed by atoms with Crippen LogP contribution in [0.2, 0.25) is 0 Å². The van der Waals surface area contributed by atoms with Gasteiger partial charge in [0.15, 0.2) is 5.84 Å². The Hall–Kier alpha value is -1.30. The Bertz CT molecular complexity index is 350. The lowest BCUT2D eigenvalue weighted by Gasteiger charge is -2.31. The van der Waals surface area contributed by atoms with Crippen molar-refractivity contribution in [2.75, 3.05) is 7.11 Å². The molecule has 1 fully saturated rings. The van der Waals surface area contributed by atoms with E-state index < -0.39 is 5.60 Å². The molecule has 20 heavy (non-hydrogen) atoms. The lowest BCUT2D eigenvalue weighted by molar-refractivity contribution is -0.126. The molecule has 1 rings (SSSR count). The highest BCUT2D eigenvalue weighted by Gasteiger charge is 2.30. The first-order chi connectivity index (χ1) is 9.39. The van der Waals surface area contributed by atoms with Gasteiger partial charge in [-0.25, -0.2) is 0 Å². The lowest BCUT2D eigenvalue weighted by Crippen LogP contribution is -2.51. The van der Waals surface area contributed by atoms with Crippen molar-refractivity contribution in [1.82, 2.24) is 5.32 Å². The van der Waals surface area contributed by atoms with Crippen molar-refractivity contribution in [2.45, 2.75) is 64.0 Å². The van der Waals surface area contributed by atoms with Crippen molar-refractivity contribution < 1.29 is 14.7 Å².